The number of aromatic nitrogens is 3. The second kappa shape index (κ2) is 8.22. The van der Waals surface area contributed by atoms with Crippen LogP contribution in [0.1, 0.15) is 18.4 Å². The number of pyridine rings is 1. The average Bonchev–Trinajstić information content (AvgIpc) is 3.21. The molecule has 2 aromatic heterocycles. The Morgan fingerprint density at radius 2 is 2.00 bits per heavy atom. The van der Waals surface area contributed by atoms with Crippen molar-refractivity contribution >= 4 is 17.4 Å². The molecule has 0 saturated heterocycles. The van der Waals surface area contributed by atoms with Gasteiger partial charge in [-0.25, -0.2) is 9.78 Å². The van der Waals surface area contributed by atoms with E-state index in [4.69, 9.17) is 0 Å². The van der Waals surface area contributed by atoms with Crippen LogP contribution in [-0.2, 0) is 13.0 Å². The maximum absolute atomic E-state index is 13.1. The molecule has 1 aromatic carbocycles. The minimum atomic E-state index is -0.569. The number of amides is 2. The SMILES string of the molecule is O=C(Nc1ccncc1)N1c2ccccc2CCC1CC(O)Cn1ccnc1. The third-order valence-electron chi connectivity index (χ3n) is 5.04. The van der Waals surface area contributed by atoms with E-state index in [1.54, 1.807) is 42.0 Å². The number of para-hydroxylation sites is 1. The highest BCUT2D eigenvalue weighted by molar-refractivity contribution is 6.03. The summed E-state index contributed by atoms with van der Waals surface area (Å²) in [5.41, 5.74) is 2.74. The van der Waals surface area contributed by atoms with Crippen LogP contribution in [-0.4, -0.2) is 37.8 Å². The number of aliphatic hydroxyl groups is 1. The van der Waals surface area contributed by atoms with Crippen molar-refractivity contribution in [2.24, 2.45) is 0 Å². The van der Waals surface area contributed by atoms with Crippen molar-refractivity contribution in [1.82, 2.24) is 14.5 Å². The highest BCUT2D eigenvalue weighted by Crippen LogP contribution is 2.33. The number of aliphatic hydroxyl groups excluding tert-OH is 1. The molecule has 0 spiro atoms. The second-order valence-electron chi connectivity index (χ2n) is 7.01. The molecule has 28 heavy (non-hydrogen) atoms. The summed E-state index contributed by atoms with van der Waals surface area (Å²) >= 11 is 0. The summed E-state index contributed by atoms with van der Waals surface area (Å²) in [5, 5.41) is 13.5. The van der Waals surface area contributed by atoms with Gasteiger partial charge in [-0.1, -0.05) is 18.2 Å². The zero-order chi connectivity index (χ0) is 19.3. The minimum Gasteiger partial charge on any atom is -0.391 e. The lowest BCUT2D eigenvalue weighted by molar-refractivity contribution is 0.133. The lowest BCUT2D eigenvalue weighted by atomic mass is 9.92. The fourth-order valence-corrected chi connectivity index (χ4v) is 3.75. The Labute approximate surface area is 163 Å². The van der Waals surface area contributed by atoms with E-state index in [0.717, 1.165) is 24.1 Å². The van der Waals surface area contributed by atoms with Crippen molar-refractivity contribution in [2.45, 2.75) is 38.0 Å². The number of imidazole rings is 1. The van der Waals surface area contributed by atoms with E-state index in [1.165, 1.54) is 0 Å². The topological polar surface area (TPSA) is 83.3 Å². The number of rotatable bonds is 5. The van der Waals surface area contributed by atoms with Crippen molar-refractivity contribution in [3.05, 3.63) is 73.1 Å². The first kappa shape index (κ1) is 18.2. The number of carbonyl (C=O) groups is 1. The van der Waals surface area contributed by atoms with E-state index in [9.17, 15) is 9.90 Å². The summed E-state index contributed by atoms with van der Waals surface area (Å²) in [5.74, 6) is 0. The fraction of sp³-hybridized carbons (Fsp3) is 0.286. The van der Waals surface area contributed by atoms with E-state index >= 15 is 0 Å². The molecular weight excluding hydrogens is 354 g/mol. The van der Waals surface area contributed by atoms with Gasteiger partial charge in [-0.15, -0.1) is 0 Å². The van der Waals surface area contributed by atoms with E-state index in [-0.39, 0.29) is 12.1 Å². The van der Waals surface area contributed by atoms with Gasteiger partial charge in [0.15, 0.2) is 0 Å². The molecule has 1 aliphatic rings. The van der Waals surface area contributed by atoms with E-state index in [1.807, 2.05) is 29.0 Å². The van der Waals surface area contributed by atoms with Crippen LogP contribution in [0.3, 0.4) is 0 Å². The number of benzene rings is 1. The number of anilines is 2. The standard InChI is InChI=1S/C21H23N5O2/c27-19(14-25-12-11-23-15-25)13-18-6-5-16-3-1-2-4-20(16)26(18)21(28)24-17-7-9-22-10-8-17/h1-4,7-12,15,18-19,27H,5-6,13-14H2,(H,22,24,28). The van der Waals surface area contributed by atoms with E-state index in [2.05, 4.69) is 21.4 Å². The third kappa shape index (κ3) is 4.04. The van der Waals surface area contributed by atoms with Crippen LogP contribution >= 0.6 is 0 Å². The van der Waals surface area contributed by atoms with Gasteiger partial charge in [-0.2, -0.15) is 0 Å². The Morgan fingerprint density at radius 1 is 1.18 bits per heavy atom. The van der Waals surface area contributed by atoms with Crippen LogP contribution in [0.2, 0.25) is 0 Å². The van der Waals surface area contributed by atoms with Gasteiger partial charge >= 0.3 is 6.03 Å². The molecule has 3 aromatic rings. The Bertz CT molecular complexity index is 914. The van der Waals surface area contributed by atoms with Crippen LogP contribution in [0.4, 0.5) is 16.2 Å². The first-order valence-corrected chi connectivity index (χ1v) is 9.42. The molecule has 2 amide bonds. The van der Waals surface area contributed by atoms with Gasteiger partial charge in [0.1, 0.15) is 0 Å². The van der Waals surface area contributed by atoms with Gasteiger partial charge in [-0.05, 0) is 43.0 Å². The summed E-state index contributed by atoms with van der Waals surface area (Å²) in [6, 6.07) is 11.2. The van der Waals surface area contributed by atoms with Gasteiger partial charge in [0.25, 0.3) is 0 Å². The van der Waals surface area contributed by atoms with Crippen LogP contribution in [0.5, 0.6) is 0 Å². The van der Waals surface area contributed by atoms with Crippen LogP contribution in [0, 0.1) is 0 Å². The van der Waals surface area contributed by atoms with Gasteiger partial charge < -0.3 is 15.0 Å². The molecule has 4 rings (SSSR count). The number of hydrogen-bond donors (Lipinski definition) is 2. The zero-order valence-corrected chi connectivity index (χ0v) is 15.5. The number of urea groups is 1. The van der Waals surface area contributed by atoms with Crippen molar-refractivity contribution < 1.29 is 9.90 Å². The van der Waals surface area contributed by atoms with Crippen LogP contribution < -0.4 is 10.2 Å². The van der Waals surface area contributed by atoms with Gasteiger partial charge in [0, 0.05) is 48.7 Å². The number of nitrogens with one attached hydrogen (secondary N) is 1. The van der Waals surface area contributed by atoms with Gasteiger partial charge in [0.2, 0.25) is 0 Å². The van der Waals surface area contributed by atoms with Gasteiger partial charge in [0.05, 0.1) is 12.4 Å². The molecule has 144 valence electrons. The molecule has 2 unspecified atom stereocenters. The smallest absolute Gasteiger partial charge is 0.326 e. The maximum atomic E-state index is 13.1. The zero-order valence-electron chi connectivity index (χ0n) is 15.5. The highest BCUT2D eigenvalue weighted by atomic mass is 16.3. The second-order valence-corrected chi connectivity index (χ2v) is 7.01. The third-order valence-corrected chi connectivity index (χ3v) is 5.04. The lowest BCUT2D eigenvalue weighted by Gasteiger charge is -2.38. The molecule has 0 bridgehead atoms. The van der Waals surface area contributed by atoms with Gasteiger partial charge in [-0.3, -0.25) is 9.88 Å². The summed E-state index contributed by atoms with van der Waals surface area (Å²) in [7, 11) is 0. The highest BCUT2D eigenvalue weighted by Gasteiger charge is 2.32. The van der Waals surface area contributed by atoms with Crippen molar-refractivity contribution in [3.8, 4) is 0 Å². The predicted molar refractivity (Wildman–Crippen MR) is 107 cm³/mol. The molecule has 0 saturated carbocycles. The maximum Gasteiger partial charge on any atom is 0.326 e. The quantitative estimate of drug-likeness (QED) is 0.716. The van der Waals surface area contributed by atoms with Crippen molar-refractivity contribution in [1.29, 1.82) is 0 Å². The molecule has 0 fully saturated rings. The lowest BCUT2D eigenvalue weighted by Crippen LogP contribution is -2.47. The minimum absolute atomic E-state index is 0.0877. The Morgan fingerprint density at radius 3 is 2.79 bits per heavy atom. The fourth-order valence-electron chi connectivity index (χ4n) is 3.75. The summed E-state index contributed by atoms with van der Waals surface area (Å²) in [6.45, 7) is 0.456. The molecule has 2 atom stereocenters. The number of nitrogens with zero attached hydrogens (tertiary/aromatic N) is 4. The first-order chi connectivity index (χ1) is 13.7. The first-order valence-electron chi connectivity index (χ1n) is 9.42. The predicted octanol–water partition coefficient (Wildman–Crippen LogP) is 3.08. The van der Waals surface area contributed by atoms with E-state index in [0.29, 0.717) is 18.7 Å². The largest absolute Gasteiger partial charge is 0.391 e. The number of hydrogen-bond acceptors (Lipinski definition) is 4. The number of aryl methyl sites for hydroxylation is 1. The van der Waals surface area contributed by atoms with Crippen LogP contribution in [0.15, 0.2) is 67.5 Å². The normalized spacial score (nSPS) is 17.0. The van der Waals surface area contributed by atoms with Crippen molar-refractivity contribution in [3.63, 3.8) is 0 Å². The number of fused-ring (bicyclic) bond motifs is 1. The van der Waals surface area contributed by atoms with Crippen LogP contribution in [0.25, 0.3) is 0 Å². The average molecular weight is 377 g/mol. The number of carbonyl (C=O) groups excluding carboxylic acids is 1. The molecule has 2 N–H and O–H groups in total. The monoisotopic (exact) mass is 377 g/mol. The molecule has 7 nitrogen and oxygen atoms in total. The van der Waals surface area contributed by atoms with E-state index < -0.39 is 6.10 Å². The molecule has 1 aliphatic heterocycles. The Kier molecular flexibility index (Phi) is 5.34. The van der Waals surface area contributed by atoms with Crippen molar-refractivity contribution in [2.75, 3.05) is 10.2 Å². The molecule has 0 aliphatic carbocycles. The summed E-state index contributed by atoms with van der Waals surface area (Å²) in [6.07, 6.45) is 10.1. The molecule has 0 radical (unpaired) electrons. The Balaban J connectivity index is 1.55. The molecule has 7 heteroatoms. The Hall–Kier alpha value is -3.19. The summed E-state index contributed by atoms with van der Waals surface area (Å²) < 4.78 is 1.85. The molecule has 3 heterocycles. The summed E-state index contributed by atoms with van der Waals surface area (Å²) in [4.78, 5) is 22.9. The molecular formula is C21H23N5O2.